The average molecular weight is 410 g/mol. The van der Waals surface area contributed by atoms with Gasteiger partial charge in [0.25, 0.3) is 0 Å². The summed E-state index contributed by atoms with van der Waals surface area (Å²) in [6, 6.07) is 11.6. The van der Waals surface area contributed by atoms with E-state index in [1.807, 2.05) is 6.07 Å². The Kier molecular flexibility index (Phi) is 5.31. The molecule has 156 valence electrons. The van der Waals surface area contributed by atoms with Crippen LogP contribution in [-0.2, 0) is 20.9 Å². The van der Waals surface area contributed by atoms with Crippen LogP contribution in [0.4, 0.5) is 0 Å². The van der Waals surface area contributed by atoms with Crippen molar-refractivity contribution in [3.63, 3.8) is 0 Å². The van der Waals surface area contributed by atoms with E-state index in [0.717, 1.165) is 5.56 Å². The van der Waals surface area contributed by atoms with E-state index < -0.39 is 18.2 Å². The van der Waals surface area contributed by atoms with Crippen molar-refractivity contribution in [3.05, 3.63) is 59.2 Å². The van der Waals surface area contributed by atoms with Gasteiger partial charge in [0.15, 0.2) is 11.5 Å². The predicted molar refractivity (Wildman–Crippen MR) is 106 cm³/mol. The maximum atomic E-state index is 12.9. The zero-order valence-electron chi connectivity index (χ0n) is 16.7. The molecule has 2 heterocycles. The van der Waals surface area contributed by atoms with Crippen LogP contribution in [0.2, 0.25) is 0 Å². The summed E-state index contributed by atoms with van der Waals surface area (Å²) in [5.41, 5.74) is 1.86. The number of carbonyl (C=O) groups excluding carboxylic acids is 3. The van der Waals surface area contributed by atoms with Crippen LogP contribution in [0, 0.1) is 0 Å². The van der Waals surface area contributed by atoms with Gasteiger partial charge in [0, 0.05) is 18.5 Å². The molecule has 0 aromatic heterocycles. The number of nitrogens with one attached hydrogen (secondary N) is 1. The average Bonchev–Trinajstić information content (AvgIpc) is 3.31. The zero-order chi connectivity index (χ0) is 21.3. The molecule has 2 aliphatic heterocycles. The lowest BCUT2D eigenvalue weighted by Gasteiger charge is -2.29. The molecule has 2 aromatic rings. The lowest BCUT2D eigenvalue weighted by molar-refractivity contribution is -0.145. The van der Waals surface area contributed by atoms with E-state index in [1.54, 1.807) is 50.6 Å². The number of carbonyl (C=O) groups is 3. The van der Waals surface area contributed by atoms with Crippen molar-refractivity contribution in [2.45, 2.75) is 31.7 Å². The Labute approximate surface area is 173 Å². The first-order valence-corrected chi connectivity index (χ1v) is 9.63. The topological polar surface area (TPSA) is 94.2 Å². The Hall–Kier alpha value is -3.55. The summed E-state index contributed by atoms with van der Waals surface area (Å²) < 4.78 is 15.9. The van der Waals surface area contributed by atoms with Gasteiger partial charge in [0.2, 0.25) is 18.0 Å². The fourth-order valence-electron chi connectivity index (χ4n) is 3.88. The number of rotatable bonds is 6. The third-order valence-electron chi connectivity index (χ3n) is 5.39. The van der Waals surface area contributed by atoms with Crippen molar-refractivity contribution >= 4 is 17.8 Å². The van der Waals surface area contributed by atoms with E-state index in [0.29, 0.717) is 29.0 Å². The monoisotopic (exact) mass is 410 g/mol. The van der Waals surface area contributed by atoms with Crippen molar-refractivity contribution in [2.24, 2.45) is 0 Å². The van der Waals surface area contributed by atoms with Gasteiger partial charge in [0.05, 0.1) is 19.8 Å². The Bertz CT molecular complexity index is 1000. The maximum absolute atomic E-state index is 12.9. The number of amides is 2. The smallest absolute Gasteiger partial charge is 0.340 e. The van der Waals surface area contributed by atoms with Crippen LogP contribution in [0.3, 0.4) is 0 Å². The third kappa shape index (κ3) is 3.45. The van der Waals surface area contributed by atoms with Gasteiger partial charge in [-0.1, -0.05) is 24.3 Å². The summed E-state index contributed by atoms with van der Waals surface area (Å²) in [6.07, 6.45) is -0.280. The summed E-state index contributed by atoms with van der Waals surface area (Å²) in [4.78, 5) is 39.0. The largest absolute Gasteiger partial charge is 0.493 e. The van der Waals surface area contributed by atoms with Gasteiger partial charge in [-0.3, -0.25) is 14.5 Å². The summed E-state index contributed by atoms with van der Waals surface area (Å²) in [6.45, 7) is 0.263. The van der Waals surface area contributed by atoms with Gasteiger partial charge in [-0.05, 0) is 30.2 Å². The summed E-state index contributed by atoms with van der Waals surface area (Å²) in [5.74, 6) is 0.171. The molecule has 1 saturated heterocycles. The number of esters is 1. The molecule has 0 bridgehead atoms. The van der Waals surface area contributed by atoms with Gasteiger partial charge >= 0.3 is 5.97 Å². The van der Waals surface area contributed by atoms with Crippen LogP contribution < -0.4 is 14.8 Å². The normalized spacial score (nSPS) is 20.0. The van der Waals surface area contributed by atoms with E-state index in [2.05, 4.69) is 5.32 Å². The number of methoxy groups -OCH3 is 2. The van der Waals surface area contributed by atoms with E-state index >= 15 is 0 Å². The van der Waals surface area contributed by atoms with Crippen molar-refractivity contribution in [1.82, 2.24) is 10.2 Å². The molecule has 2 aromatic carbocycles. The molecule has 1 unspecified atom stereocenters. The van der Waals surface area contributed by atoms with Crippen molar-refractivity contribution in [1.29, 1.82) is 0 Å². The molecule has 8 heteroatoms. The van der Waals surface area contributed by atoms with Gasteiger partial charge in [-0.2, -0.15) is 0 Å². The van der Waals surface area contributed by atoms with Crippen LogP contribution in [-0.4, -0.2) is 42.9 Å². The van der Waals surface area contributed by atoms with Crippen LogP contribution in [0.1, 0.15) is 40.6 Å². The Morgan fingerprint density at radius 1 is 1.13 bits per heavy atom. The van der Waals surface area contributed by atoms with Crippen LogP contribution in [0.25, 0.3) is 0 Å². The molecular weight excluding hydrogens is 388 g/mol. The van der Waals surface area contributed by atoms with E-state index in [4.69, 9.17) is 14.2 Å². The van der Waals surface area contributed by atoms with Crippen LogP contribution >= 0.6 is 0 Å². The molecule has 8 nitrogen and oxygen atoms in total. The van der Waals surface area contributed by atoms with Crippen molar-refractivity contribution in [2.75, 3.05) is 14.2 Å². The van der Waals surface area contributed by atoms with Crippen LogP contribution in [0.15, 0.2) is 42.5 Å². The molecule has 2 atom stereocenters. The highest BCUT2D eigenvalue weighted by Gasteiger charge is 2.46. The number of ether oxygens (including phenoxy) is 3. The fourth-order valence-corrected chi connectivity index (χ4v) is 3.88. The van der Waals surface area contributed by atoms with E-state index in [1.165, 1.54) is 4.90 Å². The molecular formula is C22H22N2O6. The maximum Gasteiger partial charge on any atom is 0.340 e. The highest BCUT2D eigenvalue weighted by Crippen LogP contribution is 2.38. The quantitative estimate of drug-likeness (QED) is 0.734. The second-order valence-corrected chi connectivity index (χ2v) is 7.11. The lowest BCUT2D eigenvalue weighted by Crippen LogP contribution is -2.46. The highest BCUT2D eigenvalue weighted by atomic mass is 16.6. The molecule has 2 amide bonds. The number of fused-ring (bicyclic) bond motifs is 1. The Morgan fingerprint density at radius 2 is 1.90 bits per heavy atom. The summed E-state index contributed by atoms with van der Waals surface area (Å²) in [5, 5.41) is 2.87. The number of likely N-dealkylation sites (tertiary alicyclic amines) is 1. The Morgan fingerprint density at radius 3 is 2.67 bits per heavy atom. The van der Waals surface area contributed by atoms with Crippen molar-refractivity contribution < 1.29 is 28.6 Å². The minimum absolute atomic E-state index is 0.212. The molecule has 1 fully saturated rings. The third-order valence-corrected chi connectivity index (χ3v) is 5.39. The summed E-state index contributed by atoms with van der Waals surface area (Å²) in [7, 11) is 3.10. The molecule has 0 saturated carbocycles. The van der Waals surface area contributed by atoms with Gasteiger partial charge in [-0.25, -0.2) is 4.79 Å². The number of nitrogens with zero attached hydrogens (tertiary/aromatic N) is 1. The molecule has 0 aliphatic carbocycles. The van der Waals surface area contributed by atoms with E-state index in [9.17, 15) is 14.4 Å². The number of hydrogen-bond donors (Lipinski definition) is 1. The zero-order valence-corrected chi connectivity index (χ0v) is 16.7. The minimum Gasteiger partial charge on any atom is -0.493 e. The SMILES string of the molecule is COc1ccc(CNC(=O)[C@@H]2CCC(=O)N2C2OC(=O)c3ccccc32)cc1OC. The second-order valence-electron chi connectivity index (χ2n) is 7.11. The molecule has 30 heavy (non-hydrogen) atoms. The molecule has 1 N–H and O–H groups in total. The molecule has 0 spiro atoms. The molecule has 2 aliphatic rings. The number of benzene rings is 2. The van der Waals surface area contributed by atoms with Crippen molar-refractivity contribution in [3.8, 4) is 11.5 Å². The molecule has 4 rings (SSSR count). The van der Waals surface area contributed by atoms with E-state index in [-0.39, 0.29) is 24.8 Å². The first-order valence-electron chi connectivity index (χ1n) is 9.63. The van der Waals surface area contributed by atoms with Crippen LogP contribution in [0.5, 0.6) is 11.5 Å². The van der Waals surface area contributed by atoms with Gasteiger partial charge in [-0.15, -0.1) is 0 Å². The number of hydrogen-bond acceptors (Lipinski definition) is 6. The first kappa shape index (κ1) is 19.8. The lowest BCUT2D eigenvalue weighted by atomic mass is 10.1. The first-order chi connectivity index (χ1) is 14.5. The highest BCUT2D eigenvalue weighted by molar-refractivity contribution is 5.96. The van der Waals surface area contributed by atoms with Gasteiger partial charge in [0.1, 0.15) is 6.04 Å². The summed E-state index contributed by atoms with van der Waals surface area (Å²) >= 11 is 0. The molecule has 0 radical (unpaired) electrons. The standard InChI is InChI=1S/C22H22N2O6/c1-28-17-9-7-13(11-18(17)29-2)12-23-20(26)16-8-10-19(25)24(16)21-14-5-3-4-6-15(14)22(27)30-21/h3-7,9,11,16,21H,8,10,12H2,1-2H3,(H,23,26)/t16-,21?/m0/s1. The second kappa shape index (κ2) is 8.06. The number of cyclic esters (lactones) is 1. The fraction of sp³-hybridized carbons (Fsp3) is 0.318. The predicted octanol–water partition coefficient (Wildman–Crippen LogP) is 2.18. The minimum atomic E-state index is -0.875. The van der Waals surface area contributed by atoms with Gasteiger partial charge < -0.3 is 19.5 Å². The Balaban J connectivity index is 1.49.